The topological polar surface area (TPSA) is 63.6 Å². The average Bonchev–Trinajstić information content (AvgIpc) is 2.61. The summed E-state index contributed by atoms with van der Waals surface area (Å²) in [7, 11) is 0. The second kappa shape index (κ2) is 8.42. The molecular weight excluding hydrogens is 386 g/mol. The number of rotatable bonds is 5. The minimum absolute atomic E-state index is 0.0200. The Morgan fingerprint density at radius 2 is 1.84 bits per heavy atom. The zero-order valence-corrected chi connectivity index (χ0v) is 15.4. The molecule has 1 fully saturated rings. The molecule has 0 unspecified atom stereocenters. The van der Waals surface area contributed by atoms with Crippen molar-refractivity contribution in [1.82, 2.24) is 9.47 Å². The monoisotopic (exact) mass is 405 g/mol. The lowest BCUT2D eigenvalue weighted by Crippen LogP contribution is -2.35. The van der Waals surface area contributed by atoms with Gasteiger partial charge in [0, 0.05) is 42.1 Å². The first-order chi connectivity index (χ1) is 12.1. The van der Waals surface area contributed by atoms with Gasteiger partial charge in [-0.2, -0.15) is 0 Å². The van der Waals surface area contributed by atoms with Crippen LogP contribution >= 0.6 is 15.9 Å². The fraction of sp³-hybridized carbons (Fsp3) is 0.333. The first kappa shape index (κ1) is 17.8. The van der Waals surface area contributed by atoms with Crippen molar-refractivity contribution in [3.05, 3.63) is 63.0 Å². The number of pyridine rings is 1. The quantitative estimate of drug-likeness (QED) is 0.826. The number of anilines is 1. The van der Waals surface area contributed by atoms with Gasteiger partial charge in [-0.15, -0.1) is 0 Å². The molecule has 1 amide bonds. The third-order valence-corrected chi connectivity index (χ3v) is 4.48. The van der Waals surface area contributed by atoms with Gasteiger partial charge >= 0.3 is 0 Å². The Morgan fingerprint density at radius 1 is 1.12 bits per heavy atom. The van der Waals surface area contributed by atoms with Gasteiger partial charge in [0.05, 0.1) is 13.2 Å². The van der Waals surface area contributed by atoms with E-state index in [-0.39, 0.29) is 18.0 Å². The molecule has 0 spiro atoms. The molecule has 1 saturated heterocycles. The van der Waals surface area contributed by atoms with Gasteiger partial charge in [0.1, 0.15) is 6.54 Å². The molecule has 0 radical (unpaired) electrons. The summed E-state index contributed by atoms with van der Waals surface area (Å²) >= 11 is 3.30. The number of aromatic nitrogens is 1. The van der Waals surface area contributed by atoms with E-state index in [0.717, 1.165) is 43.0 Å². The van der Waals surface area contributed by atoms with E-state index >= 15 is 0 Å². The maximum atomic E-state index is 12.1. The number of nitrogens with zero attached hydrogens (tertiary/aromatic N) is 2. The highest BCUT2D eigenvalue weighted by Crippen LogP contribution is 2.13. The molecule has 0 aliphatic carbocycles. The zero-order chi connectivity index (χ0) is 17.6. The Bertz CT molecular complexity index is 783. The Labute approximate surface area is 154 Å². The van der Waals surface area contributed by atoms with Gasteiger partial charge in [-0.1, -0.05) is 12.1 Å². The second-order valence-corrected chi connectivity index (χ2v) is 6.86. The van der Waals surface area contributed by atoms with E-state index in [2.05, 4.69) is 26.1 Å². The van der Waals surface area contributed by atoms with E-state index in [0.29, 0.717) is 0 Å². The summed E-state index contributed by atoms with van der Waals surface area (Å²) in [4.78, 5) is 26.2. The smallest absolute Gasteiger partial charge is 0.251 e. The predicted molar refractivity (Wildman–Crippen MR) is 99.6 cm³/mol. The van der Waals surface area contributed by atoms with Gasteiger partial charge in [-0.25, -0.2) is 0 Å². The number of halogens is 1. The van der Waals surface area contributed by atoms with Crippen molar-refractivity contribution >= 4 is 27.5 Å². The molecular formula is C18H20BrN3O3. The Morgan fingerprint density at radius 3 is 2.56 bits per heavy atom. The SMILES string of the molecule is O=C(Cn1cc(Br)ccc1=O)Nc1ccc(CN2CCOCC2)cc1. The van der Waals surface area contributed by atoms with Crippen molar-refractivity contribution in [2.45, 2.75) is 13.1 Å². The van der Waals surface area contributed by atoms with Gasteiger partial charge in [-0.05, 0) is 39.7 Å². The Balaban J connectivity index is 1.56. The van der Waals surface area contributed by atoms with Crippen LogP contribution in [0.3, 0.4) is 0 Å². The molecule has 1 aliphatic rings. The van der Waals surface area contributed by atoms with E-state index in [9.17, 15) is 9.59 Å². The maximum Gasteiger partial charge on any atom is 0.251 e. The number of nitrogens with one attached hydrogen (secondary N) is 1. The number of carbonyl (C=O) groups is 1. The van der Waals surface area contributed by atoms with E-state index in [1.807, 2.05) is 24.3 Å². The lowest BCUT2D eigenvalue weighted by molar-refractivity contribution is -0.116. The summed E-state index contributed by atoms with van der Waals surface area (Å²) in [5, 5.41) is 2.82. The van der Waals surface area contributed by atoms with Gasteiger partial charge in [0.25, 0.3) is 5.56 Å². The molecule has 1 N–H and O–H groups in total. The molecule has 0 saturated carbocycles. The molecule has 25 heavy (non-hydrogen) atoms. The lowest BCUT2D eigenvalue weighted by Gasteiger charge is -2.26. The zero-order valence-electron chi connectivity index (χ0n) is 13.8. The molecule has 1 aromatic carbocycles. The number of benzene rings is 1. The van der Waals surface area contributed by atoms with Crippen LogP contribution in [0.25, 0.3) is 0 Å². The molecule has 0 atom stereocenters. The van der Waals surface area contributed by atoms with Crippen LogP contribution in [0.5, 0.6) is 0 Å². The molecule has 132 valence electrons. The van der Waals surface area contributed by atoms with Crippen LogP contribution in [0.15, 0.2) is 51.9 Å². The molecule has 7 heteroatoms. The van der Waals surface area contributed by atoms with Crippen molar-refractivity contribution in [2.24, 2.45) is 0 Å². The third-order valence-electron chi connectivity index (χ3n) is 4.01. The van der Waals surface area contributed by atoms with Crippen LogP contribution in [-0.4, -0.2) is 41.7 Å². The van der Waals surface area contributed by atoms with Crippen LogP contribution in [0.4, 0.5) is 5.69 Å². The third kappa shape index (κ3) is 5.26. The van der Waals surface area contributed by atoms with Crippen molar-refractivity contribution in [2.75, 3.05) is 31.6 Å². The lowest BCUT2D eigenvalue weighted by atomic mass is 10.2. The highest BCUT2D eigenvalue weighted by molar-refractivity contribution is 9.10. The van der Waals surface area contributed by atoms with Crippen molar-refractivity contribution < 1.29 is 9.53 Å². The van der Waals surface area contributed by atoms with Crippen molar-refractivity contribution in [1.29, 1.82) is 0 Å². The van der Waals surface area contributed by atoms with Crippen LogP contribution in [0.2, 0.25) is 0 Å². The number of carbonyl (C=O) groups excluding carboxylic acids is 1. The minimum Gasteiger partial charge on any atom is -0.379 e. The van der Waals surface area contributed by atoms with E-state index < -0.39 is 0 Å². The first-order valence-electron chi connectivity index (χ1n) is 8.15. The minimum atomic E-state index is -0.235. The van der Waals surface area contributed by atoms with Crippen LogP contribution in [0.1, 0.15) is 5.56 Å². The fourth-order valence-electron chi connectivity index (χ4n) is 2.69. The largest absolute Gasteiger partial charge is 0.379 e. The molecule has 2 aromatic rings. The number of morpholine rings is 1. The number of hydrogen-bond donors (Lipinski definition) is 1. The predicted octanol–water partition coefficient (Wildman–Crippen LogP) is 2.08. The van der Waals surface area contributed by atoms with Crippen molar-refractivity contribution in [3.8, 4) is 0 Å². The van der Waals surface area contributed by atoms with Gasteiger partial charge in [0.2, 0.25) is 5.91 Å². The van der Waals surface area contributed by atoms with Crippen molar-refractivity contribution in [3.63, 3.8) is 0 Å². The van der Waals surface area contributed by atoms with E-state index in [4.69, 9.17) is 4.74 Å². The summed E-state index contributed by atoms with van der Waals surface area (Å²) in [6, 6.07) is 10.9. The van der Waals surface area contributed by atoms with Gasteiger partial charge < -0.3 is 14.6 Å². The number of hydrogen-bond acceptors (Lipinski definition) is 4. The second-order valence-electron chi connectivity index (χ2n) is 5.95. The number of ether oxygens (including phenoxy) is 1. The Kier molecular flexibility index (Phi) is 6.01. The van der Waals surface area contributed by atoms with Crippen LogP contribution in [0, 0.1) is 0 Å². The van der Waals surface area contributed by atoms with Gasteiger partial charge in [0.15, 0.2) is 0 Å². The summed E-state index contributed by atoms with van der Waals surface area (Å²) in [6.07, 6.45) is 1.60. The standard InChI is InChI=1S/C18H20BrN3O3/c19-15-3-6-18(24)22(12-15)13-17(23)20-16-4-1-14(2-5-16)11-21-7-9-25-10-8-21/h1-6,12H,7-11,13H2,(H,20,23). The molecule has 1 aromatic heterocycles. The van der Waals surface area contributed by atoms with E-state index in [1.165, 1.54) is 16.2 Å². The average molecular weight is 406 g/mol. The molecule has 0 bridgehead atoms. The summed E-state index contributed by atoms with van der Waals surface area (Å²) in [6.45, 7) is 4.31. The highest BCUT2D eigenvalue weighted by atomic mass is 79.9. The normalized spacial score (nSPS) is 15.1. The van der Waals surface area contributed by atoms with E-state index in [1.54, 1.807) is 12.3 Å². The summed E-state index contributed by atoms with van der Waals surface area (Å²) in [5.41, 5.74) is 1.71. The van der Waals surface area contributed by atoms with Gasteiger partial charge in [-0.3, -0.25) is 14.5 Å². The molecule has 3 rings (SSSR count). The summed E-state index contributed by atoms with van der Waals surface area (Å²) in [5.74, 6) is -0.235. The molecule has 1 aliphatic heterocycles. The summed E-state index contributed by atoms with van der Waals surface area (Å²) < 4.78 is 7.47. The maximum absolute atomic E-state index is 12.1. The van der Waals surface area contributed by atoms with Crippen LogP contribution in [-0.2, 0) is 22.6 Å². The molecule has 6 nitrogen and oxygen atoms in total. The Hall–Kier alpha value is -1.96. The molecule has 2 heterocycles. The number of amides is 1. The fourth-order valence-corrected chi connectivity index (χ4v) is 3.07. The van der Waals surface area contributed by atoms with Crippen LogP contribution < -0.4 is 10.9 Å². The first-order valence-corrected chi connectivity index (χ1v) is 8.94. The highest BCUT2D eigenvalue weighted by Gasteiger charge is 2.11.